The predicted octanol–water partition coefficient (Wildman–Crippen LogP) is 1.91. The number of halogens is 1. The van der Waals surface area contributed by atoms with E-state index in [0.29, 0.717) is 0 Å². The molecular weight excluding hydrogens is 250 g/mol. The second-order valence-electron chi connectivity index (χ2n) is 4.63. The molecule has 0 saturated carbocycles. The van der Waals surface area contributed by atoms with E-state index in [4.69, 9.17) is 11.6 Å². The molecule has 0 unspecified atom stereocenters. The van der Waals surface area contributed by atoms with E-state index in [0.717, 1.165) is 42.3 Å². The van der Waals surface area contributed by atoms with Gasteiger partial charge in [0.25, 0.3) is 5.56 Å². The molecule has 0 spiro atoms. The molecule has 2 heterocycles. The number of benzene rings is 1. The van der Waals surface area contributed by atoms with Crippen LogP contribution in [0.2, 0.25) is 5.02 Å². The number of nitrogens with zero attached hydrogens (tertiary/aromatic N) is 1. The summed E-state index contributed by atoms with van der Waals surface area (Å²) in [5, 5.41) is 6.36. The van der Waals surface area contributed by atoms with Gasteiger partial charge in [-0.05, 0) is 24.1 Å². The fourth-order valence-corrected chi connectivity index (χ4v) is 2.63. The number of aromatic amines is 2. The third kappa shape index (κ3) is 2.21. The average Bonchev–Trinajstić information content (AvgIpc) is 2.71. The minimum absolute atomic E-state index is 0.0207. The van der Waals surface area contributed by atoms with Crippen molar-refractivity contribution in [3.63, 3.8) is 0 Å². The first-order valence-electron chi connectivity index (χ1n) is 5.97. The maximum Gasteiger partial charge on any atom is 0.267 e. The van der Waals surface area contributed by atoms with Gasteiger partial charge in [0.05, 0.1) is 5.69 Å². The summed E-state index contributed by atoms with van der Waals surface area (Å²) < 4.78 is 0. The standard InChI is InChI=1S/C13H14ClN3O/c14-10-3-1-2-9(6-10)7-17-5-4-11-12(8-17)15-16-13(11)18/h1-3,6H,4-5,7-8H2,(H2,15,16,18). The molecule has 1 aliphatic heterocycles. The molecule has 2 aromatic rings. The highest BCUT2D eigenvalue weighted by atomic mass is 35.5. The maximum absolute atomic E-state index is 11.5. The van der Waals surface area contributed by atoms with Gasteiger partial charge in [0.15, 0.2) is 0 Å². The van der Waals surface area contributed by atoms with E-state index in [2.05, 4.69) is 21.2 Å². The SMILES string of the molecule is O=c1[nH][nH]c2c1CCN(Cc1cccc(Cl)c1)C2. The van der Waals surface area contributed by atoms with E-state index >= 15 is 0 Å². The second-order valence-corrected chi connectivity index (χ2v) is 5.06. The molecule has 5 heteroatoms. The number of fused-ring (bicyclic) bond motifs is 1. The Morgan fingerprint density at radius 2 is 2.22 bits per heavy atom. The second kappa shape index (κ2) is 4.63. The van der Waals surface area contributed by atoms with Gasteiger partial charge in [-0.3, -0.25) is 14.8 Å². The summed E-state index contributed by atoms with van der Waals surface area (Å²) in [6, 6.07) is 7.90. The van der Waals surface area contributed by atoms with Gasteiger partial charge in [-0.15, -0.1) is 0 Å². The van der Waals surface area contributed by atoms with Gasteiger partial charge in [0, 0.05) is 30.2 Å². The Morgan fingerprint density at radius 1 is 1.33 bits per heavy atom. The van der Waals surface area contributed by atoms with E-state index in [1.54, 1.807) is 0 Å². The third-order valence-electron chi connectivity index (χ3n) is 3.32. The normalized spacial score (nSPS) is 15.6. The molecule has 94 valence electrons. The summed E-state index contributed by atoms with van der Waals surface area (Å²) in [6.07, 6.45) is 0.800. The van der Waals surface area contributed by atoms with Crippen molar-refractivity contribution in [3.8, 4) is 0 Å². The minimum Gasteiger partial charge on any atom is -0.301 e. The van der Waals surface area contributed by atoms with Gasteiger partial charge in [0.2, 0.25) is 0 Å². The predicted molar refractivity (Wildman–Crippen MR) is 70.7 cm³/mol. The van der Waals surface area contributed by atoms with Crippen LogP contribution in [0.15, 0.2) is 29.1 Å². The summed E-state index contributed by atoms with van der Waals surface area (Å²) in [5.41, 5.74) is 3.13. The summed E-state index contributed by atoms with van der Waals surface area (Å²) in [7, 11) is 0. The van der Waals surface area contributed by atoms with E-state index < -0.39 is 0 Å². The lowest BCUT2D eigenvalue weighted by molar-refractivity contribution is 0.242. The Balaban J connectivity index is 1.75. The Morgan fingerprint density at radius 3 is 3.06 bits per heavy atom. The zero-order valence-corrected chi connectivity index (χ0v) is 10.6. The molecule has 0 bridgehead atoms. The molecule has 3 rings (SSSR count). The molecule has 0 aliphatic carbocycles. The van der Waals surface area contributed by atoms with Crippen LogP contribution in [0.3, 0.4) is 0 Å². The molecule has 0 atom stereocenters. The van der Waals surface area contributed by atoms with Crippen molar-refractivity contribution in [2.45, 2.75) is 19.5 Å². The van der Waals surface area contributed by atoms with E-state index in [-0.39, 0.29) is 5.56 Å². The first-order valence-corrected chi connectivity index (χ1v) is 6.35. The lowest BCUT2D eigenvalue weighted by atomic mass is 10.1. The van der Waals surface area contributed by atoms with E-state index in [1.807, 2.05) is 18.2 Å². The molecular formula is C13H14ClN3O. The molecule has 18 heavy (non-hydrogen) atoms. The fourth-order valence-electron chi connectivity index (χ4n) is 2.42. The van der Waals surface area contributed by atoms with Crippen LogP contribution in [0, 0.1) is 0 Å². The van der Waals surface area contributed by atoms with Gasteiger partial charge in [-0.25, -0.2) is 0 Å². The van der Waals surface area contributed by atoms with Crippen molar-refractivity contribution in [1.82, 2.24) is 15.1 Å². The van der Waals surface area contributed by atoms with Crippen molar-refractivity contribution in [3.05, 3.63) is 56.5 Å². The topological polar surface area (TPSA) is 51.9 Å². The van der Waals surface area contributed by atoms with Crippen LogP contribution >= 0.6 is 11.6 Å². The molecule has 2 N–H and O–H groups in total. The Hall–Kier alpha value is -1.52. The van der Waals surface area contributed by atoms with E-state index in [1.165, 1.54) is 5.56 Å². The minimum atomic E-state index is 0.0207. The van der Waals surface area contributed by atoms with Crippen LogP contribution in [-0.2, 0) is 19.5 Å². The molecule has 1 aromatic heterocycles. The first kappa shape index (κ1) is 11.6. The maximum atomic E-state index is 11.5. The number of H-pyrrole nitrogens is 2. The van der Waals surface area contributed by atoms with Crippen LogP contribution < -0.4 is 5.56 Å². The van der Waals surface area contributed by atoms with Crippen LogP contribution in [-0.4, -0.2) is 21.6 Å². The Kier molecular flexibility index (Phi) is 2.97. The molecule has 0 fully saturated rings. The monoisotopic (exact) mass is 263 g/mol. The fraction of sp³-hybridized carbons (Fsp3) is 0.308. The third-order valence-corrected chi connectivity index (χ3v) is 3.56. The molecule has 4 nitrogen and oxygen atoms in total. The number of aromatic nitrogens is 2. The highest BCUT2D eigenvalue weighted by Gasteiger charge is 2.20. The van der Waals surface area contributed by atoms with Crippen molar-refractivity contribution in [2.24, 2.45) is 0 Å². The Labute approximate surface area is 110 Å². The van der Waals surface area contributed by atoms with Gasteiger partial charge in [-0.2, -0.15) is 0 Å². The Bertz CT molecular complexity index is 617. The smallest absolute Gasteiger partial charge is 0.267 e. The molecule has 1 aliphatic rings. The zero-order chi connectivity index (χ0) is 12.5. The molecule has 0 saturated heterocycles. The zero-order valence-electron chi connectivity index (χ0n) is 9.87. The van der Waals surface area contributed by atoms with E-state index in [9.17, 15) is 4.79 Å². The summed E-state index contributed by atoms with van der Waals surface area (Å²) in [5.74, 6) is 0. The highest BCUT2D eigenvalue weighted by Crippen LogP contribution is 2.17. The molecule has 0 radical (unpaired) electrons. The quantitative estimate of drug-likeness (QED) is 0.870. The van der Waals surface area contributed by atoms with Crippen LogP contribution in [0.25, 0.3) is 0 Å². The lowest BCUT2D eigenvalue weighted by Crippen LogP contribution is -2.31. The highest BCUT2D eigenvalue weighted by molar-refractivity contribution is 6.30. The van der Waals surface area contributed by atoms with Crippen molar-refractivity contribution >= 4 is 11.6 Å². The van der Waals surface area contributed by atoms with Crippen molar-refractivity contribution < 1.29 is 0 Å². The average molecular weight is 264 g/mol. The van der Waals surface area contributed by atoms with Crippen molar-refractivity contribution in [1.29, 1.82) is 0 Å². The van der Waals surface area contributed by atoms with Crippen LogP contribution in [0.1, 0.15) is 16.8 Å². The number of rotatable bonds is 2. The van der Waals surface area contributed by atoms with Gasteiger partial charge in [0.1, 0.15) is 0 Å². The lowest BCUT2D eigenvalue weighted by Gasteiger charge is -2.25. The van der Waals surface area contributed by atoms with Gasteiger partial charge < -0.3 is 5.10 Å². The molecule has 1 aromatic carbocycles. The number of hydrogen-bond donors (Lipinski definition) is 2. The number of hydrogen-bond acceptors (Lipinski definition) is 2. The largest absolute Gasteiger partial charge is 0.301 e. The van der Waals surface area contributed by atoms with Crippen LogP contribution in [0.4, 0.5) is 0 Å². The first-order chi connectivity index (χ1) is 8.72. The van der Waals surface area contributed by atoms with Gasteiger partial charge in [-0.1, -0.05) is 23.7 Å². The summed E-state index contributed by atoms with van der Waals surface area (Å²) in [6.45, 7) is 2.54. The summed E-state index contributed by atoms with van der Waals surface area (Å²) >= 11 is 5.98. The van der Waals surface area contributed by atoms with Gasteiger partial charge >= 0.3 is 0 Å². The van der Waals surface area contributed by atoms with Crippen LogP contribution in [0.5, 0.6) is 0 Å². The number of nitrogens with one attached hydrogen (secondary N) is 2. The summed E-state index contributed by atoms with van der Waals surface area (Å²) in [4.78, 5) is 13.8. The van der Waals surface area contributed by atoms with Crippen molar-refractivity contribution in [2.75, 3.05) is 6.54 Å². The molecule has 0 amide bonds.